The van der Waals surface area contributed by atoms with Crippen molar-refractivity contribution in [3.63, 3.8) is 0 Å². The van der Waals surface area contributed by atoms with Crippen LogP contribution in [0.5, 0.6) is 0 Å². The first kappa shape index (κ1) is 12.5. The van der Waals surface area contributed by atoms with Crippen molar-refractivity contribution in [2.75, 3.05) is 0 Å². The summed E-state index contributed by atoms with van der Waals surface area (Å²) in [6.07, 6.45) is -0.277. The van der Waals surface area contributed by atoms with Crippen LogP contribution in [0.25, 0.3) is 0 Å². The molecule has 5 nitrogen and oxygen atoms in total. The van der Waals surface area contributed by atoms with Crippen LogP contribution in [0.3, 0.4) is 0 Å². The number of carbonyl (C=O) groups excluding carboxylic acids is 2. The maximum atomic E-state index is 13.6. The van der Waals surface area contributed by atoms with Crippen LogP contribution in [0.15, 0.2) is 0 Å². The molecule has 0 aliphatic carbocycles. The van der Waals surface area contributed by atoms with E-state index in [1.165, 1.54) is 0 Å². The average Bonchev–Trinajstić information content (AvgIpc) is 3.50. The number of carbonyl (C=O) groups is 2. The van der Waals surface area contributed by atoms with Crippen molar-refractivity contribution in [3.05, 3.63) is 0 Å². The van der Waals surface area contributed by atoms with Crippen LogP contribution in [-0.4, -0.2) is 28.5 Å². The molecule has 1 amide bonds. The molecule has 6 heteroatoms. The first-order chi connectivity index (χ1) is 12.4. The molecule has 0 radical (unpaired) electrons. The van der Waals surface area contributed by atoms with Gasteiger partial charge in [-0.1, -0.05) is 0 Å². The van der Waals surface area contributed by atoms with Crippen LogP contribution in [-0.2, 0) is 20.8 Å². The Hall–Kier alpha value is -1.05. The Kier molecular flexibility index (Phi) is 0.613. The second-order valence-electron chi connectivity index (χ2n) is 15.0. The third-order valence-corrected chi connectivity index (χ3v) is 60.5. The zero-order chi connectivity index (χ0) is 18.4. The van der Waals surface area contributed by atoms with Crippen molar-refractivity contribution in [1.29, 1.82) is 5.26 Å². The molecule has 11 heterocycles. The van der Waals surface area contributed by atoms with E-state index in [4.69, 9.17) is 4.74 Å². The van der Waals surface area contributed by atoms with Gasteiger partial charge in [0.05, 0.1) is 0 Å². The van der Waals surface area contributed by atoms with Gasteiger partial charge >= 0.3 is 148 Å². The van der Waals surface area contributed by atoms with Gasteiger partial charge in [0.25, 0.3) is 0 Å². The number of hydrogen-bond acceptors (Lipinski definition) is 4. The van der Waals surface area contributed by atoms with Crippen molar-refractivity contribution in [3.8, 4) is 6.07 Å². The number of nitriles is 1. The van der Waals surface area contributed by atoms with Crippen LogP contribution in [0.1, 0.15) is 34.1 Å². The van der Waals surface area contributed by atoms with Crippen molar-refractivity contribution in [2.24, 2.45) is 5.41 Å². The van der Waals surface area contributed by atoms with Crippen molar-refractivity contribution < 1.29 is 20.8 Å². The van der Waals surface area contributed by atoms with E-state index in [1.54, 1.807) is 6.92 Å². The molecular weight excluding hydrogens is 384 g/mol. The summed E-state index contributed by atoms with van der Waals surface area (Å²) in [6.45, 7) is 4.03. The summed E-state index contributed by atoms with van der Waals surface area (Å²) in [4.78, 5) is 38.3. The van der Waals surface area contributed by atoms with Gasteiger partial charge in [-0.2, -0.15) is 0 Å². The zero-order valence-corrected chi connectivity index (χ0v) is 17.1. The Balaban J connectivity index is 1.21. The number of cyclic esters (lactones) is 1. The second kappa shape index (κ2) is 1.32. The molecule has 11 rings (SSSR count). The number of ether oxygens (including phenoxy) is 1. The second-order valence-corrected chi connectivity index (χ2v) is 38.6. The molecule has 0 aromatic heterocycles. The summed E-state index contributed by atoms with van der Waals surface area (Å²) in [5.74, 6) is -0.310. The summed E-state index contributed by atoms with van der Waals surface area (Å²) in [5, 5.41) is 9.46. The van der Waals surface area contributed by atoms with Gasteiger partial charge in [-0.15, -0.1) is 0 Å². The number of esters is 1. The Labute approximate surface area is 148 Å². The number of nitrogens with zero attached hydrogens (tertiary/aromatic N) is 2. The number of hydrogen-bond donors (Lipinski definition) is 0. The van der Waals surface area contributed by atoms with E-state index in [1.807, 2.05) is 25.7 Å². The molecule has 1 spiro atoms. The Morgan fingerprint density at radius 3 is 2.00 bits per heavy atom. The minimum atomic E-state index is -3.55. The van der Waals surface area contributed by atoms with E-state index in [-0.39, 0.29) is 28.8 Å². The predicted molar refractivity (Wildman–Crippen MR) is 91.3 cm³/mol. The summed E-state index contributed by atoms with van der Waals surface area (Å²) < 4.78 is 6.51. The van der Waals surface area contributed by atoms with Crippen LogP contribution in [0.4, 0.5) is 0 Å². The summed E-state index contributed by atoms with van der Waals surface area (Å²) in [5.41, 5.74) is -1.68. The molecule has 0 N–H and O–H groups in total. The summed E-state index contributed by atoms with van der Waals surface area (Å²) >= 11 is 0. The fraction of sp³-hybridized carbons (Fsp3) is 0.857. The van der Waals surface area contributed by atoms with Crippen LogP contribution < -0.4 is 0 Å². The van der Waals surface area contributed by atoms with E-state index < -0.39 is 17.5 Å². The predicted octanol–water partition coefficient (Wildman–Crippen LogP) is 4.18. The normalized spacial score (nSPS) is 90.8. The van der Waals surface area contributed by atoms with Gasteiger partial charge in [-0.25, -0.2) is 0 Å². The molecule has 144 valence electrons. The molecule has 11 aliphatic rings. The van der Waals surface area contributed by atoms with E-state index in [0.29, 0.717) is 0 Å². The molecule has 27 heavy (non-hydrogen) atoms. The Bertz CT molecular complexity index is 1360. The number of amides is 1. The van der Waals surface area contributed by atoms with Gasteiger partial charge < -0.3 is 0 Å². The van der Waals surface area contributed by atoms with E-state index in [0.717, 1.165) is 43.3 Å². The third-order valence-electron chi connectivity index (χ3n) is 17.9. The molecule has 6 atom stereocenters. The molecule has 11 saturated heterocycles. The molecule has 0 saturated carbocycles. The first-order valence-electron chi connectivity index (χ1n) is 10.5. The maximum absolute atomic E-state index is 13.6. The molecule has 11 aliphatic heterocycles. The first-order valence-corrected chi connectivity index (χ1v) is 16.8. The van der Waals surface area contributed by atoms with Gasteiger partial charge in [0, 0.05) is 0 Å². The zero-order valence-electron chi connectivity index (χ0n) is 16.0. The van der Waals surface area contributed by atoms with Crippen molar-refractivity contribution in [2.45, 2.75) is 93.5 Å². The standard InChI is InChI=1S/C16H19N2O3.C5H5.Fe/c1-15(2,3)13(19)18-12(11-7-5-6-8-11)21-14(20)16(18,4)9-10-17;1-2-4-5-3-1;/h5-8,12H,9H2,1-4H3;1-5H;/t12-,16+;;/m0../s1. The van der Waals surface area contributed by atoms with Gasteiger partial charge in [0.1, 0.15) is 0 Å². The van der Waals surface area contributed by atoms with Crippen molar-refractivity contribution >= 4 is 11.9 Å². The molecule has 4 unspecified atom stereocenters. The number of rotatable bonds is 2. The molecule has 0 bridgehead atoms. The van der Waals surface area contributed by atoms with Crippen LogP contribution in [0.2, 0.25) is 47.7 Å². The van der Waals surface area contributed by atoms with Crippen LogP contribution >= 0.6 is 0 Å². The number of fused-ring (bicyclic) bond motifs is 10. The Morgan fingerprint density at radius 2 is 1.67 bits per heavy atom. The monoisotopic (exact) mass is 408 g/mol. The van der Waals surface area contributed by atoms with E-state index in [9.17, 15) is 14.9 Å². The van der Waals surface area contributed by atoms with Gasteiger partial charge in [0.2, 0.25) is 0 Å². The van der Waals surface area contributed by atoms with Crippen molar-refractivity contribution in [1.82, 2.24) is 4.90 Å². The van der Waals surface area contributed by atoms with Gasteiger partial charge in [-0.05, 0) is 0 Å². The molecular formula is C21H24FeN2O3. The quantitative estimate of drug-likeness (QED) is 0.508. The average molecular weight is 408 g/mol. The fourth-order valence-corrected chi connectivity index (χ4v) is 93.5. The molecule has 0 aromatic rings. The summed E-state index contributed by atoms with van der Waals surface area (Å²) in [6, 6.07) is 2.18. The van der Waals surface area contributed by atoms with Gasteiger partial charge in [-0.3, -0.25) is 0 Å². The van der Waals surface area contributed by atoms with E-state index >= 15 is 0 Å². The molecule has 11 fully saturated rings. The topological polar surface area (TPSA) is 70.4 Å². The fourth-order valence-electron chi connectivity index (χ4n) is 19.0. The molecule has 0 aromatic carbocycles. The minimum absolute atomic E-state index is 0.00654. The van der Waals surface area contributed by atoms with Crippen LogP contribution in [0, 0.1) is 16.7 Å². The van der Waals surface area contributed by atoms with Gasteiger partial charge in [0.15, 0.2) is 0 Å². The third kappa shape index (κ3) is 0.207. The Morgan fingerprint density at radius 1 is 1.15 bits per heavy atom. The summed E-state index contributed by atoms with van der Waals surface area (Å²) in [7, 11) is 0. The SMILES string of the molecule is CC(C)(C)C(=O)N1[C@H]([C]23[CH]4[CH]5[CH]6[CH]2[Fe]56432789[CH]3[CH]2[CH]7[CH]8[CH]39)OC(=O)[C@@]1(C)CC#N. The van der Waals surface area contributed by atoms with E-state index in [2.05, 4.69) is 6.07 Å².